The molecule has 7 nitrogen and oxygen atoms in total. The Balaban J connectivity index is 1.89. The van der Waals surface area contributed by atoms with Gasteiger partial charge in [-0.3, -0.25) is 4.79 Å². The predicted octanol–water partition coefficient (Wildman–Crippen LogP) is 1.00. The van der Waals surface area contributed by atoms with E-state index in [4.69, 9.17) is 9.47 Å². The third-order valence-electron chi connectivity index (χ3n) is 3.72. The fraction of sp³-hybridized carbons (Fsp3) is 0.562. The molecule has 1 amide bonds. The van der Waals surface area contributed by atoms with E-state index < -0.39 is 10.0 Å². The second-order valence-electron chi connectivity index (χ2n) is 5.80. The Morgan fingerprint density at radius 1 is 1.25 bits per heavy atom. The first-order chi connectivity index (χ1) is 11.4. The number of hydrogen-bond acceptors (Lipinski definition) is 5. The zero-order valence-electron chi connectivity index (χ0n) is 14.0. The summed E-state index contributed by atoms with van der Waals surface area (Å²) in [5.41, 5.74) is 0. The predicted molar refractivity (Wildman–Crippen MR) is 89.4 cm³/mol. The maximum atomic E-state index is 12.4. The van der Waals surface area contributed by atoms with Crippen LogP contribution in [0.25, 0.3) is 0 Å². The van der Waals surface area contributed by atoms with Gasteiger partial charge in [0.25, 0.3) is 5.91 Å². The summed E-state index contributed by atoms with van der Waals surface area (Å²) < 4.78 is 36.6. The highest BCUT2D eigenvalue weighted by Gasteiger charge is 2.26. The molecule has 1 aromatic carbocycles. The molecule has 0 aliphatic carbocycles. The normalized spacial score (nSPS) is 16.8. The minimum Gasteiger partial charge on any atom is -0.484 e. The Bertz CT molecular complexity index is 639. The van der Waals surface area contributed by atoms with Gasteiger partial charge in [0, 0.05) is 26.2 Å². The Morgan fingerprint density at radius 3 is 2.46 bits per heavy atom. The van der Waals surface area contributed by atoms with E-state index in [1.165, 1.54) is 16.4 Å². The van der Waals surface area contributed by atoms with E-state index in [-0.39, 0.29) is 23.5 Å². The molecule has 134 valence electrons. The SMILES string of the molecule is COC[C@@H](C)NC(=O)COc1ccc(S(=O)(=O)N2CCCC2)cc1. The standard InChI is InChI=1S/C16H24N2O5S/c1-13(11-22-2)17-16(19)12-23-14-5-7-15(8-6-14)24(20,21)18-9-3-4-10-18/h5-8,13H,3-4,9-12H2,1-2H3,(H,17,19)/t13-/m1/s1. The van der Waals surface area contributed by atoms with Crippen molar-refractivity contribution in [1.29, 1.82) is 0 Å². The lowest BCUT2D eigenvalue weighted by Crippen LogP contribution is -2.38. The molecule has 0 saturated carbocycles. The van der Waals surface area contributed by atoms with Gasteiger partial charge >= 0.3 is 0 Å². The van der Waals surface area contributed by atoms with Crippen molar-refractivity contribution < 1.29 is 22.7 Å². The zero-order chi connectivity index (χ0) is 17.6. The number of hydrogen-bond donors (Lipinski definition) is 1. The Kier molecular flexibility index (Phi) is 6.59. The number of carbonyl (C=O) groups is 1. The summed E-state index contributed by atoms with van der Waals surface area (Å²) >= 11 is 0. The van der Waals surface area contributed by atoms with E-state index in [1.807, 2.05) is 6.92 Å². The molecule has 24 heavy (non-hydrogen) atoms. The quantitative estimate of drug-likeness (QED) is 0.751. The highest BCUT2D eigenvalue weighted by molar-refractivity contribution is 7.89. The number of sulfonamides is 1. The van der Waals surface area contributed by atoms with Crippen molar-refractivity contribution in [1.82, 2.24) is 9.62 Å². The Labute approximate surface area is 143 Å². The average molecular weight is 356 g/mol. The van der Waals surface area contributed by atoms with Gasteiger partial charge in [-0.2, -0.15) is 4.31 Å². The van der Waals surface area contributed by atoms with Crippen molar-refractivity contribution in [3.63, 3.8) is 0 Å². The number of ether oxygens (including phenoxy) is 2. The molecule has 0 aromatic heterocycles. The maximum absolute atomic E-state index is 12.4. The van der Waals surface area contributed by atoms with E-state index in [1.54, 1.807) is 19.2 Å². The smallest absolute Gasteiger partial charge is 0.258 e. The Hall–Kier alpha value is -1.64. The van der Waals surface area contributed by atoms with Crippen LogP contribution in [0.15, 0.2) is 29.2 Å². The van der Waals surface area contributed by atoms with Gasteiger partial charge in [-0.25, -0.2) is 8.42 Å². The van der Waals surface area contributed by atoms with Crippen LogP contribution in [0.4, 0.5) is 0 Å². The number of benzene rings is 1. The van der Waals surface area contributed by atoms with E-state index in [0.29, 0.717) is 25.4 Å². The fourth-order valence-electron chi connectivity index (χ4n) is 2.54. The highest BCUT2D eigenvalue weighted by atomic mass is 32.2. The van der Waals surface area contributed by atoms with Gasteiger partial charge in [0.2, 0.25) is 10.0 Å². The number of methoxy groups -OCH3 is 1. The van der Waals surface area contributed by atoms with E-state index >= 15 is 0 Å². The van der Waals surface area contributed by atoms with Crippen LogP contribution >= 0.6 is 0 Å². The molecule has 0 spiro atoms. The van der Waals surface area contributed by atoms with Crippen LogP contribution in [0, 0.1) is 0 Å². The van der Waals surface area contributed by atoms with Crippen molar-refractivity contribution in [2.45, 2.75) is 30.7 Å². The summed E-state index contributed by atoms with van der Waals surface area (Å²) in [6.45, 7) is 3.27. The largest absolute Gasteiger partial charge is 0.484 e. The van der Waals surface area contributed by atoms with Crippen LogP contribution in [-0.2, 0) is 19.6 Å². The summed E-state index contributed by atoms with van der Waals surface area (Å²) in [4.78, 5) is 12.0. The molecule has 1 aliphatic rings. The Morgan fingerprint density at radius 2 is 1.88 bits per heavy atom. The number of nitrogens with one attached hydrogen (secondary N) is 1. The molecule has 1 N–H and O–H groups in total. The number of amides is 1. The zero-order valence-corrected chi connectivity index (χ0v) is 14.8. The van der Waals surface area contributed by atoms with Crippen molar-refractivity contribution in [2.24, 2.45) is 0 Å². The monoisotopic (exact) mass is 356 g/mol. The molecule has 1 fully saturated rings. The van der Waals surface area contributed by atoms with Gasteiger partial charge in [-0.15, -0.1) is 0 Å². The minimum atomic E-state index is -3.42. The summed E-state index contributed by atoms with van der Waals surface area (Å²) in [7, 11) is -1.86. The van der Waals surface area contributed by atoms with Crippen LogP contribution in [0.5, 0.6) is 5.75 Å². The lowest BCUT2D eigenvalue weighted by molar-refractivity contribution is -0.124. The van der Waals surface area contributed by atoms with Crippen molar-refractivity contribution >= 4 is 15.9 Å². The topological polar surface area (TPSA) is 84.9 Å². The van der Waals surface area contributed by atoms with Crippen LogP contribution in [-0.4, -0.2) is 58.1 Å². The van der Waals surface area contributed by atoms with Gasteiger partial charge in [-0.1, -0.05) is 0 Å². The summed E-state index contributed by atoms with van der Waals surface area (Å²) in [6, 6.07) is 6.05. The average Bonchev–Trinajstić information content (AvgIpc) is 3.09. The second-order valence-corrected chi connectivity index (χ2v) is 7.73. The fourth-order valence-corrected chi connectivity index (χ4v) is 4.06. The van der Waals surface area contributed by atoms with Gasteiger partial charge in [0.05, 0.1) is 11.5 Å². The molecular weight excluding hydrogens is 332 g/mol. The van der Waals surface area contributed by atoms with Crippen molar-refractivity contribution in [2.75, 3.05) is 33.4 Å². The van der Waals surface area contributed by atoms with Crippen molar-refractivity contribution in [3.05, 3.63) is 24.3 Å². The van der Waals surface area contributed by atoms with Gasteiger partial charge in [0.15, 0.2) is 6.61 Å². The molecule has 1 heterocycles. The molecule has 0 unspecified atom stereocenters. The molecule has 0 radical (unpaired) electrons. The van der Waals surface area contributed by atoms with E-state index in [2.05, 4.69) is 5.32 Å². The molecule has 8 heteroatoms. The van der Waals surface area contributed by atoms with Gasteiger partial charge in [-0.05, 0) is 44.0 Å². The number of nitrogens with zero attached hydrogens (tertiary/aromatic N) is 1. The molecule has 1 saturated heterocycles. The van der Waals surface area contributed by atoms with Crippen LogP contribution in [0.2, 0.25) is 0 Å². The first-order valence-corrected chi connectivity index (χ1v) is 9.39. The highest BCUT2D eigenvalue weighted by Crippen LogP contribution is 2.22. The lowest BCUT2D eigenvalue weighted by atomic mass is 10.3. The van der Waals surface area contributed by atoms with Crippen LogP contribution in [0.1, 0.15) is 19.8 Å². The van der Waals surface area contributed by atoms with Crippen LogP contribution in [0.3, 0.4) is 0 Å². The lowest BCUT2D eigenvalue weighted by Gasteiger charge is -2.16. The van der Waals surface area contributed by atoms with Crippen molar-refractivity contribution in [3.8, 4) is 5.75 Å². The summed E-state index contributed by atoms with van der Waals surface area (Å²) in [6.07, 6.45) is 1.80. The molecular formula is C16H24N2O5S. The maximum Gasteiger partial charge on any atom is 0.258 e. The number of carbonyl (C=O) groups excluding carboxylic acids is 1. The molecule has 1 aromatic rings. The van der Waals surface area contributed by atoms with Gasteiger partial charge < -0.3 is 14.8 Å². The third-order valence-corrected chi connectivity index (χ3v) is 5.63. The molecule has 1 atom stereocenters. The first kappa shape index (κ1) is 18.7. The third kappa shape index (κ3) is 4.93. The van der Waals surface area contributed by atoms with Gasteiger partial charge in [0.1, 0.15) is 5.75 Å². The second kappa shape index (κ2) is 8.46. The van der Waals surface area contributed by atoms with E-state index in [9.17, 15) is 13.2 Å². The minimum absolute atomic E-state index is 0.0981. The summed E-state index contributed by atoms with van der Waals surface area (Å²) in [5.74, 6) is 0.193. The first-order valence-electron chi connectivity index (χ1n) is 7.95. The van der Waals surface area contributed by atoms with Crippen LogP contribution < -0.4 is 10.1 Å². The molecule has 0 bridgehead atoms. The summed E-state index contributed by atoms with van der Waals surface area (Å²) in [5, 5.41) is 2.73. The number of rotatable bonds is 8. The molecule has 2 rings (SSSR count). The van der Waals surface area contributed by atoms with E-state index in [0.717, 1.165) is 12.8 Å². The molecule has 1 aliphatic heterocycles.